The zero-order valence-electron chi connectivity index (χ0n) is 9.83. The highest BCUT2D eigenvalue weighted by molar-refractivity contribution is 7.99. The number of rotatable bonds is 2. The lowest BCUT2D eigenvalue weighted by Gasteiger charge is -2.09. The number of nitrogens with two attached hydrogens (primary N) is 1. The van der Waals surface area contributed by atoms with Gasteiger partial charge >= 0.3 is 0 Å². The molecule has 2 rings (SSSR count). The van der Waals surface area contributed by atoms with Gasteiger partial charge in [-0.25, -0.2) is 0 Å². The van der Waals surface area contributed by atoms with Crippen LogP contribution in [0.25, 0.3) is 0 Å². The molecular weight excluding hydrogens is 250 g/mol. The third kappa shape index (κ3) is 2.96. The number of anilines is 1. The smallest absolute Gasteiger partial charge is 0.0470 e. The molecule has 0 bridgehead atoms. The molecule has 0 saturated carbocycles. The molecule has 0 aliphatic rings. The first-order valence-corrected chi connectivity index (χ1v) is 6.56. The normalized spacial score (nSPS) is 10.5. The number of hydrogen-bond donors (Lipinski definition) is 1. The fourth-order valence-corrected chi connectivity index (χ4v) is 2.73. The third-order valence-electron chi connectivity index (χ3n) is 2.52. The molecule has 0 aromatic heterocycles. The first-order chi connectivity index (χ1) is 8.06. The fraction of sp³-hybridized carbons (Fsp3) is 0.143. The molecule has 0 fully saturated rings. The average Bonchev–Trinajstić information content (AvgIpc) is 2.25. The van der Waals surface area contributed by atoms with E-state index in [1.807, 2.05) is 12.1 Å². The van der Waals surface area contributed by atoms with Crippen molar-refractivity contribution in [1.29, 1.82) is 0 Å². The topological polar surface area (TPSA) is 26.0 Å². The second-order valence-corrected chi connectivity index (χ2v) is 5.57. The van der Waals surface area contributed by atoms with Crippen LogP contribution in [0.3, 0.4) is 0 Å². The maximum atomic E-state index is 5.94. The summed E-state index contributed by atoms with van der Waals surface area (Å²) in [7, 11) is 0. The van der Waals surface area contributed by atoms with E-state index in [1.54, 1.807) is 17.8 Å². The summed E-state index contributed by atoms with van der Waals surface area (Å²) in [6.45, 7) is 4.21. The van der Waals surface area contributed by atoms with Crippen LogP contribution < -0.4 is 5.73 Å². The highest BCUT2D eigenvalue weighted by Crippen LogP contribution is 2.35. The summed E-state index contributed by atoms with van der Waals surface area (Å²) < 4.78 is 0. The van der Waals surface area contributed by atoms with Gasteiger partial charge in [0.05, 0.1) is 0 Å². The molecule has 0 heterocycles. The van der Waals surface area contributed by atoms with Gasteiger partial charge in [-0.3, -0.25) is 0 Å². The van der Waals surface area contributed by atoms with Crippen molar-refractivity contribution in [3.05, 3.63) is 52.5 Å². The van der Waals surface area contributed by atoms with Crippen molar-refractivity contribution in [3.63, 3.8) is 0 Å². The van der Waals surface area contributed by atoms with E-state index in [0.29, 0.717) is 5.02 Å². The first-order valence-electron chi connectivity index (χ1n) is 5.36. The quantitative estimate of drug-likeness (QED) is 0.796. The Hall–Kier alpha value is -1.12. The summed E-state index contributed by atoms with van der Waals surface area (Å²) in [6.07, 6.45) is 0. The molecule has 2 aromatic carbocycles. The molecule has 0 unspecified atom stereocenters. The monoisotopic (exact) mass is 263 g/mol. The number of aryl methyl sites for hydroxylation is 2. The number of halogens is 1. The Morgan fingerprint density at radius 1 is 1.00 bits per heavy atom. The van der Waals surface area contributed by atoms with Crippen LogP contribution in [0.4, 0.5) is 5.69 Å². The van der Waals surface area contributed by atoms with Crippen LogP contribution in [0.15, 0.2) is 46.2 Å². The molecule has 0 aliphatic carbocycles. The molecule has 3 heteroatoms. The predicted octanol–water partition coefficient (Wildman–Crippen LogP) is 4.69. The maximum Gasteiger partial charge on any atom is 0.0470 e. The molecule has 2 aromatic rings. The average molecular weight is 264 g/mol. The summed E-state index contributed by atoms with van der Waals surface area (Å²) in [5.41, 5.74) is 9.21. The lowest BCUT2D eigenvalue weighted by atomic mass is 10.2. The number of nitrogen functional groups attached to an aromatic ring is 1. The summed E-state index contributed by atoms with van der Waals surface area (Å²) in [5, 5.41) is 0.674. The van der Waals surface area contributed by atoms with Crippen LogP contribution in [0.1, 0.15) is 11.1 Å². The van der Waals surface area contributed by atoms with Gasteiger partial charge in [0.2, 0.25) is 0 Å². The molecule has 0 atom stereocenters. The van der Waals surface area contributed by atoms with Gasteiger partial charge in [0.1, 0.15) is 0 Å². The first kappa shape index (κ1) is 12.3. The second-order valence-electron chi connectivity index (χ2n) is 4.05. The van der Waals surface area contributed by atoms with Crippen molar-refractivity contribution in [1.82, 2.24) is 0 Å². The van der Waals surface area contributed by atoms with Crippen molar-refractivity contribution in [2.24, 2.45) is 0 Å². The van der Waals surface area contributed by atoms with Crippen LogP contribution in [-0.2, 0) is 0 Å². The highest BCUT2D eigenvalue weighted by Gasteiger charge is 2.05. The summed E-state index contributed by atoms with van der Waals surface area (Å²) in [6, 6.07) is 12.0. The lowest BCUT2D eigenvalue weighted by Crippen LogP contribution is -1.89. The van der Waals surface area contributed by atoms with Gasteiger partial charge in [-0.05, 0) is 43.7 Å². The van der Waals surface area contributed by atoms with Gasteiger partial charge in [-0.15, -0.1) is 0 Å². The minimum absolute atomic E-state index is 0.674. The Kier molecular flexibility index (Phi) is 3.65. The van der Waals surface area contributed by atoms with Crippen LogP contribution in [0.2, 0.25) is 5.02 Å². The summed E-state index contributed by atoms with van der Waals surface area (Å²) >= 11 is 7.56. The molecule has 0 radical (unpaired) electrons. The molecular formula is C14H14ClNS. The largest absolute Gasteiger partial charge is 0.398 e. The molecule has 0 saturated heterocycles. The van der Waals surface area contributed by atoms with E-state index in [0.717, 1.165) is 10.6 Å². The Labute approximate surface area is 111 Å². The Bertz CT molecular complexity index is 502. The van der Waals surface area contributed by atoms with Gasteiger partial charge in [0.15, 0.2) is 0 Å². The van der Waals surface area contributed by atoms with Gasteiger partial charge in [-0.2, -0.15) is 0 Å². The van der Waals surface area contributed by atoms with Gasteiger partial charge in [0.25, 0.3) is 0 Å². The van der Waals surface area contributed by atoms with Crippen molar-refractivity contribution < 1.29 is 0 Å². The maximum absolute atomic E-state index is 5.94. The predicted molar refractivity (Wildman–Crippen MR) is 75.9 cm³/mol. The molecule has 0 amide bonds. The molecule has 2 N–H and O–H groups in total. The van der Waals surface area contributed by atoms with E-state index in [4.69, 9.17) is 17.3 Å². The Morgan fingerprint density at radius 2 is 1.71 bits per heavy atom. The van der Waals surface area contributed by atoms with Gasteiger partial charge in [0, 0.05) is 20.5 Å². The van der Waals surface area contributed by atoms with E-state index >= 15 is 0 Å². The van der Waals surface area contributed by atoms with Crippen molar-refractivity contribution in [3.8, 4) is 0 Å². The van der Waals surface area contributed by atoms with Crippen LogP contribution in [0, 0.1) is 13.8 Å². The minimum Gasteiger partial charge on any atom is -0.398 e. The minimum atomic E-state index is 0.674. The van der Waals surface area contributed by atoms with Gasteiger partial charge in [-0.1, -0.05) is 41.1 Å². The zero-order chi connectivity index (χ0) is 12.4. The fourth-order valence-electron chi connectivity index (χ4n) is 1.64. The molecule has 0 spiro atoms. The lowest BCUT2D eigenvalue weighted by molar-refractivity contribution is 1.26. The highest BCUT2D eigenvalue weighted by atomic mass is 35.5. The molecule has 0 aliphatic heterocycles. The van der Waals surface area contributed by atoms with Crippen LogP contribution in [-0.4, -0.2) is 0 Å². The standard InChI is InChI=1S/C14H14ClNS/c1-9-3-5-13(10(2)7-9)17-14-6-4-11(15)8-12(14)16/h3-8H,16H2,1-2H3. The summed E-state index contributed by atoms with van der Waals surface area (Å²) in [4.78, 5) is 2.27. The van der Waals surface area contributed by atoms with Crippen LogP contribution in [0.5, 0.6) is 0 Å². The van der Waals surface area contributed by atoms with E-state index in [-0.39, 0.29) is 0 Å². The number of hydrogen-bond acceptors (Lipinski definition) is 2. The van der Waals surface area contributed by atoms with E-state index < -0.39 is 0 Å². The van der Waals surface area contributed by atoms with Crippen LogP contribution >= 0.6 is 23.4 Å². The second kappa shape index (κ2) is 5.03. The van der Waals surface area contributed by atoms with E-state index in [9.17, 15) is 0 Å². The SMILES string of the molecule is Cc1ccc(Sc2ccc(Cl)cc2N)c(C)c1. The third-order valence-corrected chi connectivity index (χ3v) is 4.03. The number of benzene rings is 2. The Balaban J connectivity index is 2.31. The molecule has 88 valence electrons. The van der Waals surface area contributed by atoms with Gasteiger partial charge < -0.3 is 5.73 Å². The van der Waals surface area contributed by atoms with Crippen molar-refractivity contribution >= 4 is 29.1 Å². The van der Waals surface area contributed by atoms with Crippen molar-refractivity contribution in [2.45, 2.75) is 23.6 Å². The summed E-state index contributed by atoms with van der Waals surface area (Å²) in [5.74, 6) is 0. The van der Waals surface area contributed by atoms with E-state index in [2.05, 4.69) is 32.0 Å². The van der Waals surface area contributed by atoms with Crippen molar-refractivity contribution in [2.75, 3.05) is 5.73 Å². The molecule has 1 nitrogen and oxygen atoms in total. The molecule has 17 heavy (non-hydrogen) atoms. The zero-order valence-corrected chi connectivity index (χ0v) is 11.4. The van der Waals surface area contributed by atoms with E-state index in [1.165, 1.54) is 16.0 Å². The Morgan fingerprint density at radius 3 is 2.35 bits per heavy atom.